The summed E-state index contributed by atoms with van der Waals surface area (Å²) < 4.78 is 24.8. The van der Waals surface area contributed by atoms with Crippen LogP contribution < -0.4 is 0 Å². The first kappa shape index (κ1) is 24.0. The molecule has 1 saturated carbocycles. The van der Waals surface area contributed by atoms with Crippen molar-refractivity contribution in [3.63, 3.8) is 0 Å². The summed E-state index contributed by atoms with van der Waals surface area (Å²) in [5, 5.41) is 0. The molecule has 2 fully saturated rings. The number of carbonyl (C=O) groups is 1. The van der Waals surface area contributed by atoms with E-state index in [0.717, 1.165) is 12.7 Å². The van der Waals surface area contributed by atoms with E-state index < -0.39 is 19.3 Å². The molecule has 0 aromatic carbocycles. The van der Waals surface area contributed by atoms with Gasteiger partial charge in [0.1, 0.15) is 6.73 Å². The summed E-state index contributed by atoms with van der Waals surface area (Å²) in [7, 11) is -1.11. The van der Waals surface area contributed by atoms with Crippen LogP contribution >= 0.6 is 0 Å². The SMILES string of the molecule is CCOC(=O)C1(CC#Cc2nccn2COCC[Si](C)(C)C)CCC2(CC1)OCCO2. The molecule has 1 aromatic heterocycles. The summed E-state index contributed by atoms with van der Waals surface area (Å²) in [5.74, 6) is 6.31. The lowest BCUT2D eigenvalue weighted by Gasteiger charge is -2.41. The molecule has 0 radical (unpaired) electrons. The fourth-order valence-electron chi connectivity index (χ4n) is 4.00. The van der Waals surface area contributed by atoms with Gasteiger partial charge in [0, 0.05) is 46.3 Å². The molecule has 7 nitrogen and oxygen atoms in total. The van der Waals surface area contributed by atoms with Gasteiger partial charge in [-0.05, 0) is 31.7 Å². The number of aromatic nitrogens is 2. The van der Waals surface area contributed by atoms with Gasteiger partial charge in [0.05, 0.1) is 25.2 Å². The summed E-state index contributed by atoms with van der Waals surface area (Å²) >= 11 is 0. The van der Waals surface area contributed by atoms with Crippen molar-refractivity contribution in [2.75, 3.05) is 26.4 Å². The van der Waals surface area contributed by atoms with Crippen LogP contribution in [0.1, 0.15) is 44.9 Å². The molecule has 1 aliphatic carbocycles. The topological polar surface area (TPSA) is 71.8 Å². The van der Waals surface area contributed by atoms with Gasteiger partial charge < -0.3 is 23.5 Å². The largest absolute Gasteiger partial charge is 0.466 e. The van der Waals surface area contributed by atoms with E-state index in [1.807, 2.05) is 17.7 Å². The Hall–Kier alpha value is -1.66. The van der Waals surface area contributed by atoms with Crippen LogP contribution in [0.2, 0.25) is 25.7 Å². The second-order valence-corrected chi connectivity index (χ2v) is 15.3. The van der Waals surface area contributed by atoms with E-state index in [2.05, 4.69) is 36.5 Å². The van der Waals surface area contributed by atoms with E-state index >= 15 is 0 Å². The number of imidazole rings is 1. The number of ether oxygens (including phenoxy) is 4. The Bertz CT molecular complexity index is 789. The minimum atomic E-state index is -1.11. The molecule has 0 atom stereocenters. The van der Waals surface area contributed by atoms with Crippen LogP contribution in [0.15, 0.2) is 12.4 Å². The summed E-state index contributed by atoms with van der Waals surface area (Å²) in [6.07, 6.45) is 6.71. The second-order valence-electron chi connectivity index (χ2n) is 9.66. The first-order valence-electron chi connectivity index (χ1n) is 11.3. The van der Waals surface area contributed by atoms with Gasteiger partial charge in [-0.1, -0.05) is 25.6 Å². The van der Waals surface area contributed by atoms with Crippen molar-refractivity contribution in [2.45, 2.75) is 77.2 Å². The fraction of sp³-hybridized carbons (Fsp3) is 0.739. The molecule has 1 aliphatic heterocycles. The van der Waals surface area contributed by atoms with Gasteiger partial charge >= 0.3 is 5.97 Å². The van der Waals surface area contributed by atoms with Crippen LogP contribution in [-0.2, 0) is 30.5 Å². The van der Waals surface area contributed by atoms with E-state index in [4.69, 9.17) is 18.9 Å². The lowest BCUT2D eigenvalue weighted by Crippen LogP contribution is -2.44. The Morgan fingerprint density at radius 1 is 1.23 bits per heavy atom. The van der Waals surface area contributed by atoms with Crippen LogP contribution in [-0.4, -0.2) is 55.8 Å². The number of carbonyl (C=O) groups excluding carboxylic acids is 1. The quantitative estimate of drug-likeness (QED) is 0.261. The molecular weight excluding hydrogens is 412 g/mol. The monoisotopic (exact) mass is 448 g/mol. The molecule has 1 aromatic rings. The summed E-state index contributed by atoms with van der Waals surface area (Å²) in [4.78, 5) is 17.2. The van der Waals surface area contributed by atoms with Gasteiger partial charge in [0.25, 0.3) is 0 Å². The lowest BCUT2D eigenvalue weighted by atomic mass is 9.70. The average molecular weight is 449 g/mol. The van der Waals surface area contributed by atoms with Gasteiger partial charge in [0.2, 0.25) is 0 Å². The maximum absolute atomic E-state index is 12.8. The number of nitrogens with zero attached hydrogens (tertiary/aromatic N) is 2. The maximum atomic E-state index is 12.8. The molecule has 0 N–H and O–H groups in total. The lowest BCUT2D eigenvalue weighted by molar-refractivity contribution is -0.198. The molecule has 2 aliphatic rings. The van der Waals surface area contributed by atoms with Crippen LogP contribution in [0.4, 0.5) is 0 Å². The first-order valence-corrected chi connectivity index (χ1v) is 15.0. The predicted octanol–water partition coefficient (Wildman–Crippen LogP) is 3.80. The van der Waals surface area contributed by atoms with Crippen molar-refractivity contribution in [3.05, 3.63) is 18.2 Å². The van der Waals surface area contributed by atoms with Crippen molar-refractivity contribution < 1.29 is 23.7 Å². The average Bonchev–Trinajstić information content (AvgIpc) is 3.36. The highest BCUT2D eigenvalue weighted by atomic mass is 28.3. The van der Waals surface area contributed by atoms with Crippen LogP contribution in [0.5, 0.6) is 0 Å². The van der Waals surface area contributed by atoms with E-state index in [9.17, 15) is 4.79 Å². The second kappa shape index (κ2) is 10.3. The van der Waals surface area contributed by atoms with Crippen LogP contribution in [0.3, 0.4) is 0 Å². The van der Waals surface area contributed by atoms with Crippen molar-refractivity contribution >= 4 is 14.0 Å². The third-order valence-electron chi connectivity index (χ3n) is 6.06. The number of esters is 1. The Morgan fingerprint density at radius 3 is 2.58 bits per heavy atom. The zero-order chi connectivity index (χ0) is 22.4. The van der Waals surface area contributed by atoms with Crippen molar-refractivity contribution in [2.24, 2.45) is 5.41 Å². The third-order valence-corrected chi connectivity index (χ3v) is 7.76. The van der Waals surface area contributed by atoms with Gasteiger partial charge in [-0.2, -0.15) is 0 Å². The summed E-state index contributed by atoms with van der Waals surface area (Å²) in [6.45, 7) is 11.6. The molecule has 31 heavy (non-hydrogen) atoms. The van der Waals surface area contributed by atoms with E-state index in [1.165, 1.54) is 0 Å². The van der Waals surface area contributed by atoms with Crippen LogP contribution in [0, 0.1) is 17.3 Å². The highest BCUT2D eigenvalue weighted by Gasteiger charge is 2.50. The molecule has 0 bridgehead atoms. The van der Waals surface area contributed by atoms with Crippen molar-refractivity contribution in [1.29, 1.82) is 0 Å². The molecule has 172 valence electrons. The fourth-order valence-corrected chi connectivity index (χ4v) is 4.76. The standard InChI is InChI=1S/C23H36N2O5Si/c1-5-28-21(26)22(9-11-23(12-10-22)29-15-16-30-23)8-6-7-20-24-13-14-25(20)19-27-17-18-31(2,3)4/h13-14H,5,8-12,15-19H2,1-4H3. The number of hydrogen-bond donors (Lipinski definition) is 0. The molecule has 2 heterocycles. The number of hydrogen-bond acceptors (Lipinski definition) is 6. The maximum Gasteiger partial charge on any atom is 0.313 e. The predicted molar refractivity (Wildman–Crippen MR) is 120 cm³/mol. The zero-order valence-electron chi connectivity index (χ0n) is 19.4. The molecule has 1 saturated heterocycles. The Labute approximate surface area is 186 Å². The molecule has 0 amide bonds. The zero-order valence-corrected chi connectivity index (χ0v) is 20.4. The van der Waals surface area contributed by atoms with Crippen LogP contribution in [0.25, 0.3) is 0 Å². The van der Waals surface area contributed by atoms with Crippen molar-refractivity contribution in [1.82, 2.24) is 9.55 Å². The Morgan fingerprint density at radius 2 is 1.94 bits per heavy atom. The van der Waals surface area contributed by atoms with Gasteiger partial charge in [-0.3, -0.25) is 4.79 Å². The normalized spacial score (nSPS) is 19.7. The summed E-state index contributed by atoms with van der Waals surface area (Å²) in [6, 6.07) is 1.12. The van der Waals surface area contributed by atoms with E-state index in [1.54, 1.807) is 6.20 Å². The summed E-state index contributed by atoms with van der Waals surface area (Å²) in [5.41, 5.74) is -0.616. The molecule has 1 spiro atoms. The molecule has 0 unspecified atom stereocenters. The van der Waals surface area contributed by atoms with E-state index in [-0.39, 0.29) is 5.97 Å². The van der Waals surface area contributed by atoms with Gasteiger partial charge in [-0.25, -0.2) is 4.98 Å². The Kier molecular flexibility index (Phi) is 7.97. The highest BCUT2D eigenvalue weighted by Crippen LogP contribution is 2.47. The molecule has 8 heteroatoms. The van der Waals surface area contributed by atoms with Crippen molar-refractivity contribution in [3.8, 4) is 11.8 Å². The highest BCUT2D eigenvalue weighted by molar-refractivity contribution is 6.76. The van der Waals surface area contributed by atoms with E-state index in [0.29, 0.717) is 64.5 Å². The number of rotatable bonds is 8. The smallest absolute Gasteiger partial charge is 0.313 e. The first-order chi connectivity index (χ1) is 14.8. The Balaban J connectivity index is 1.62. The molecular formula is C23H36N2O5Si. The minimum absolute atomic E-state index is 0.171. The van der Waals surface area contributed by atoms with Gasteiger partial charge in [0.15, 0.2) is 11.6 Å². The third kappa shape index (κ3) is 6.42. The minimum Gasteiger partial charge on any atom is -0.466 e. The molecule has 3 rings (SSSR count). The van der Waals surface area contributed by atoms with Gasteiger partial charge in [-0.15, -0.1) is 0 Å².